The summed E-state index contributed by atoms with van der Waals surface area (Å²) in [5, 5.41) is 2.47. The molecule has 124 valence electrons. The van der Waals surface area contributed by atoms with E-state index in [2.05, 4.69) is 14.9 Å². The Balaban J connectivity index is 2.37. The lowest BCUT2D eigenvalue weighted by Gasteiger charge is -2.32. The highest BCUT2D eigenvalue weighted by Crippen LogP contribution is 2.16. The van der Waals surface area contributed by atoms with Crippen LogP contribution in [0.25, 0.3) is 0 Å². The second-order valence-electron chi connectivity index (χ2n) is 6.04. The highest BCUT2D eigenvalue weighted by molar-refractivity contribution is 7.90. The van der Waals surface area contributed by atoms with Gasteiger partial charge in [-0.25, -0.2) is 13.1 Å². The zero-order valence-corrected chi connectivity index (χ0v) is 14.2. The number of nitrogens with zero attached hydrogens (tertiary/aromatic N) is 1. The molecule has 0 aliphatic carbocycles. The Morgan fingerprint density at radius 1 is 1.38 bits per heavy atom. The van der Waals surface area contributed by atoms with Crippen LogP contribution in [0.2, 0.25) is 0 Å². The lowest BCUT2D eigenvalue weighted by molar-refractivity contribution is -0.122. The summed E-state index contributed by atoms with van der Waals surface area (Å²) >= 11 is 0. The molecule has 1 saturated heterocycles. The molecular weight excluding hydrogens is 290 g/mol. The summed E-state index contributed by atoms with van der Waals surface area (Å²) in [5.41, 5.74) is 0. The molecule has 2 N–H and O–H groups in total. The molecule has 0 aromatic rings. The number of hydrogen-bond acceptors (Lipinski definition) is 4. The highest BCUT2D eigenvalue weighted by atomic mass is 32.2. The summed E-state index contributed by atoms with van der Waals surface area (Å²) in [4.78, 5) is 13.8. The Hall–Kier alpha value is -0.660. The fourth-order valence-electron chi connectivity index (χ4n) is 2.39. The van der Waals surface area contributed by atoms with E-state index in [1.165, 1.54) is 0 Å². The third-order valence-electron chi connectivity index (χ3n) is 3.74. The summed E-state index contributed by atoms with van der Waals surface area (Å²) in [5.74, 6) is 0.339. The minimum Gasteiger partial charge on any atom is -0.355 e. The molecule has 0 bridgehead atoms. The topological polar surface area (TPSA) is 78.5 Å². The van der Waals surface area contributed by atoms with Crippen LogP contribution in [-0.4, -0.2) is 57.2 Å². The minimum atomic E-state index is -3.20. The normalized spacial score (nSPS) is 20.7. The van der Waals surface area contributed by atoms with Crippen molar-refractivity contribution in [3.05, 3.63) is 0 Å². The fourth-order valence-corrected chi connectivity index (χ4v) is 3.19. The predicted octanol–water partition coefficient (Wildman–Crippen LogP) is 0.552. The van der Waals surface area contributed by atoms with Crippen LogP contribution in [0.4, 0.5) is 0 Å². The van der Waals surface area contributed by atoms with E-state index in [4.69, 9.17) is 0 Å². The molecule has 1 heterocycles. The van der Waals surface area contributed by atoms with Crippen LogP contribution in [-0.2, 0) is 14.8 Å². The maximum Gasteiger partial charge on any atom is 0.234 e. The summed E-state index contributed by atoms with van der Waals surface area (Å²) in [6.45, 7) is 8.65. The van der Waals surface area contributed by atoms with Gasteiger partial charge in [0.1, 0.15) is 0 Å². The SMILES string of the molecule is CCCNC(=O)CN1CCC[C@@H](CNS(=O)(=O)C(C)C)C1. The Bertz CT molecular complexity index is 423. The monoisotopic (exact) mass is 319 g/mol. The van der Waals surface area contributed by atoms with Crippen molar-refractivity contribution in [2.45, 2.75) is 45.3 Å². The van der Waals surface area contributed by atoms with E-state index < -0.39 is 15.3 Å². The summed E-state index contributed by atoms with van der Waals surface area (Å²) in [6, 6.07) is 0. The molecule has 1 rings (SSSR count). The number of piperidine rings is 1. The van der Waals surface area contributed by atoms with Gasteiger partial charge in [-0.1, -0.05) is 6.92 Å². The molecule has 1 aliphatic rings. The highest BCUT2D eigenvalue weighted by Gasteiger charge is 2.24. The molecule has 1 fully saturated rings. The van der Waals surface area contributed by atoms with Crippen molar-refractivity contribution in [1.82, 2.24) is 14.9 Å². The van der Waals surface area contributed by atoms with Gasteiger partial charge in [0.25, 0.3) is 0 Å². The van der Waals surface area contributed by atoms with Crippen molar-refractivity contribution in [3.8, 4) is 0 Å². The van der Waals surface area contributed by atoms with E-state index in [9.17, 15) is 13.2 Å². The first-order valence-corrected chi connectivity index (χ1v) is 9.37. The van der Waals surface area contributed by atoms with Gasteiger partial charge in [0.15, 0.2) is 0 Å². The van der Waals surface area contributed by atoms with Crippen molar-refractivity contribution in [3.63, 3.8) is 0 Å². The zero-order valence-electron chi connectivity index (χ0n) is 13.4. The zero-order chi connectivity index (χ0) is 15.9. The average Bonchev–Trinajstić information content (AvgIpc) is 2.43. The van der Waals surface area contributed by atoms with Crippen molar-refractivity contribution >= 4 is 15.9 Å². The number of carbonyl (C=O) groups excluding carboxylic acids is 1. The molecule has 1 aliphatic heterocycles. The molecule has 0 saturated carbocycles. The van der Waals surface area contributed by atoms with Crippen LogP contribution < -0.4 is 10.0 Å². The van der Waals surface area contributed by atoms with Gasteiger partial charge in [0.2, 0.25) is 15.9 Å². The van der Waals surface area contributed by atoms with Crippen LogP contribution in [0.1, 0.15) is 40.0 Å². The predicted molar refractivity (Wildman–Crippen MR) is 84.5 cm³/mol. The van der Waals surface area contributed by atoms with Crippen LogP contribution in [0.3, 0.4) is 0 Å². The first-order chi connectivity index (χ1) is 9.85. The van der Waals surface area contributed by atoms with Gasteiger partial charge in [-0.3, -0.25) is 9.69 Å². The molecule has 21 heavy (non-hydrogen) atoms. The molecule has 0 unspecified atom stereocenters. The minimum absolute atomic E-state index is 0.0558. The number of likely N-dealkylation sites (tertiary alicyclic amines) is 1. The molecule has 0 aromatic heterocycles. The third kappa shape index (κ3) is 6.76. The standard InChI is InChI=1S/C14H29N3O3S/c1-4-7-15-14(18)11-17-8-5-6-13(10-17)9-16-21(19,20)12(2)3/h12-13,16H,4-11H2,1-3H3,(H,15,18)/t13-/m0/s1. The van der Waals surface area contributed by atoms with Gasteiger partial charge >= 0.3 is 0 Å². The lowest BCUT2D eigenvalue weighted by atomic mass is 9.98. The molecule has 0 radical (unpaired) electrons. The van der Waals surface area contributed by atoms with Crippen molar-refractivity contribution in [1.29, 1.82) is 0 Å². The number of carbonyl (C=O) groups is 1. The van der Waals surface area contributed by atoms with Gasteiger partial charge in [0.05, 0.1) is 11.8 Å². The first kappa shape index (κ1) is 18.4. The average molecular weight is 319 g/mol. The van der Waals surface area contributed by atoms with Crippen LogP contribution in [0.15, 0.2) is 0 Å². The van der Waals surface area contributed by atoms with Gasteiger partial charge in [0, 0.05) is 19.6 Å². The number of rotatable bonds is 8. The Morgan fingerprint density at radius 3 is 2.71 bits per heavy atom. The maximum absolute atomic E-state index is 11.8. The van der Waals surface area contributed by atoms with E-state index in [0.29, 0.717) is 19.6 Å². The molecular formula is C14H29N3O3S. The van der Waals surface area contributed by atoms with Crippen LogP contribution >= 0.6 is 0 Å². The second-order valence-corrected chi connectivity index (χ2v) is 8.36. The van der Waals surface area contributed by atoms with Gasteiger partial charge in [-0.2, -0.15) is 0 Å². The molecule has 1 amide bonds. The molecule has 6 nitrogen and oxygen atoms in total. The van der Waals surface area contributed by atoms with E-state index in [1.807, 2.05) is 6.92 Å². The lowest BCUT2D eigenvalue weighted by Crippen LogP contribution is -2.45. The van der Waals surface area contributed by atoms with Crippen molar-refractivity contribution < 1.29 is 13.2 Å². The van der Waals surface area contributed by atoms with E-state index in [1.54, 1.807) is 13.8 Å². The van der Waals surface area contributed by atoms with Crippen LogP contribution in [0.5, 0.6) is 0 Å². The van der Waals surface area contributed by atoms with Gasteiger partial charge in [-0.05, 0) is 45.6 Å². The van der Waals surface area contributed by atoms with E-state index in [0.717, 1.165) is 32.4 Å². The van der Waals surface area contributed by atoms with Crippen LogP contribution in [0, 0.1) is 5.92 Å². The molecule has 0 aromatic carbocycles. The Labute approximate surface area is 128 Å². The van der Waals surface area contributed by atoms with E-state index >= 15 is 0 Å². The van der Waals surface area contributed by atoms with Crippen molar-refractivity contribution in [2.75, 3.05) is 32.7 Å². The number of amides is 1. The Kier molecular flexibility index (Phi) is 7.62. The summed E-state index contributed by atoms with van der Waals surface area (Å²) < 4.78 is 26.2. The summed E-state index contributed by atoms with van der Waals surface area (Å²) in [6.07, 6.45) is 2.95. The number of sulfonamides is 1. The quantitative estimate of drug-likeness (QED) is 0.685. The maximum atomic E-state index is 11.8. The fraction of sp³-hybridized carbons (Fsp3) is 0.929. The number of nitrogens with one attached hydrogen (secondary N) is 2. The largest absolute Gasteiger partial charge is 0.355 e. The smallest absolute Gasteiger partial charge is 0.234 e. The number of hydrogen-bond donors (Lipinski definition) is 2. The summed E-state index contributed by atoms with van der Waals surface area (Å²) in [7, 11) is -3.20. The molecule has 7 heteroatoms. The van der Waals surface area contributed by atoms with Gasteiger partial charge in [-0.15, -0.1) is 0 Å². The van der Waals surface area contributed by atoms with Crippen molar-refractivity contribution in [2.24, 2.45) is 5.92 Å². The second kappa shape index (κ2) is 8.70. The third-order valence-corrected chi connectivity index (χ3v) is 5.55. The van der Waals surface area contributed by atoms with E-state index in [-0.39, 0.29) is 11.8 Å². The molecule has 1 atom stereocenters. The molecule has 0 spiro atoms. The van der Waals surface area contributed by atoms with Gasteiger partial charge < -0.3 is 5.32 Å². The Morgan fingerprint density at radius 2 is 2.10 bits per heavy atom. The first-order valence-electron chi connectivity index (χ1n) is 7.82.